The van der Waals surface area contributed by atoms with E-state index < -0.39 is 0 Å². The molecule has 0 spiro atoms. The minimum atomic E-state index is -0.152. The van der Waals surface area contributed by atoms with E-state index in [2.05, 4.69) is 10.5 Å². The van der Waals surface area contributed by atoms with Gasteiger partial charge in [-0.1, -0.05) is 17.3 Å². The topological polar surface area (TPSA) is 55.1 Å². The van der Waals surface area contributed by atoms with Crippen molar-refractivity contribution in [1.82, 2.24) is 10.5 Å². The number of nitrogens with zero attached hydrogens (tertiary/aromatic N) is 1. The summed E-state index contributed by atoms with van der Waals surface area (Å²) in [5, 5.41) is 10.8. The molecule has 0 saturated heterocycles. The van der Waals surface area contributed by atoms with Crippen molar-refractivity contribution in [1.29, 1.82) is 0 Å². The van der Waals surface area contributed by atoms with E-state index in [1.165, 1.54) is 11.3 Å². The van der Waals surface area contributed by atoms with Crippen LogP contribution in [0.15, 0.2) is 39.5 Å². The number of hydrogen-bond donors (Lipinski definition) is 1. The van der Waals surface area contributed by atoms with Crippen LogP contribution in [0.2, 0.25) is 0 Å². The number of hydrogen-bond acceptors (Lipinski definition) is 5. The average molecular weight is 304 g/mol. The Morgan fingerprint density at radius 2 is 2.10 bits per heavy atom. The molecule has 0 radical (unpaired) electrons. The maximum Gasteiger partial charge on any atom is 0.257 e. The molecule has 3 rings (SSSR count). The van der Waals surface area contributed by atoms with Crippen LogP contribution >= 0.6 is 22.7 Å². The second-order valence-corrected chi connectivity index (χ2v) is 6.19. The number of thiophene rings is 2. The Labute approximate surface area is 124 Å². The van der Waals surface area contributed by atoms with Gasteiger partial charge in [0.05, 0.1) is 17.1 Å². The van der Waals surface area contributed by atoms with Crippen LogP contribution in [0, 0.1) is 6.92 Å². The number of amides is 1. The van der Waals surface area contributed by atoms with Crippen LogP contribution in [0.3, 0.4) is 0 Å². The summed E-state index contributed by atoms with van der Waals surface area (Å²) >= 11 is 3.14. The van der Waals surface area contributed by atoms with Crippen molar-refractivity contribution in [3.05, 3.63) is 51.2 Å². The molecule has 4 nitrogen and oxygen atoms in total. The van der Waals surface area contributed by atoms with E-state index in [9.17, 15) is 4.79 Å². The smallest absolute Gasteiger partial charge is 0.257 e. The van der Waals surface area contributed by atoms with Crippen molar-refractivity contribution >= 4 is 28.6 Å². The second kappa shape index (κ2) is 5.60. The summed E-state index contributed by atoms with van der Waals surface area (Å²) in [6, 6.07) is 7.80. The van der Waals surface area contributed by atoms with Crippen LogP contribution < -0.4 is 5.32 Å². The minimum absolute atomic E-state index is 0.152. The Morgan fingerprint density at radius 3 is 2.80 bits per heavy atom. The van der Waals surface area contributed by atoms with Gasteiger partial charge in [-0.2, -0.15) is 0 Å². The SMILES string of the molecule is Cc1noc(-c2cccs2)c1C(=O)NCc1cccs1. The largest absolute Gasteiger partial charge is 0.354 e. The molecular formula is C14H12N2O2S2. The lowest BCUT2D eigenvalue weighted by Gasteiger charge is -2.03. The molecule has 3 aromatic rings. The first-order valence-corrected chi connectivity index (χ1v) is 7.82. The van der Waals surface area contributed by atoms with Crippen LogP contribution in [-0.2, 0) is 6.54 Å². The Balaban J connectivity index is 1.82. The summed E-state index contributed by atoms with van der Waals surface area (Å²) in [4.78, 5) is 14.4. The number of aryl methyl sites for hydroxylation is 1. The highest BCUT2D eigenvalue weighted by Crippen LogP contribution is 2.29. The van der Waals surface area contributed by atoms with Gasteiger partial charge in [-0.25, -0.2) is 0 Å². The molecule has 0 bridgehead atoms. The van der Waals surface area contributed by atoms with Gasteiger partial charge in [0.1, 0.15) is 5.56 Å². The number of rotatable bonds is 4. The molecule has 0 fully saturated rings. The van der Waals surface area contributed by atoms with E-state index in [0.29, 0.717) is 23.6 Å². The lowest BCUT2D eigenvalue weighted by atomic mass is 10.1. The molecule has 0 atom stereocenters. The van der Waals surface area contributed by atoms with Crippen molar-refractivity contribution in [2.24, 2.45) is 0 Å². The molecule has 0 saturated carbocycles. The number of carbonyl (C=O) groups is 1. The first-order valence-electron chi connectivity index (χ1n) is 6.06. The predicted molar refractivity (Wildman–Crippen MR) is 80.0 cm³/mol. The monoisotopic (exact) mass is 304 g/mol. The van der Waals surface area contributed by atoms with Gasteiger partial charge >= 0.3 is 0 Å². The van der Waals surface area contributed by atoms with Gasteiger partial charge in [-0.15, -0.1) is 22.7 Å². The van der Waals surface area contributed by atoms with Crippen molar-refractivity contribution < 1.29 is 9.32 Å². The van der Waals surface area contributed by atoms with Crippen molar-refractivity contribution in [3.8, 4) is 10.6 Å². The molecule has 102 valence electrons. The van der Waals surface area contributed by atoms with Gasteiger partial charge in [0.15, 0.2) is 5.76 Å². The molecule has 20 heavy (non-hydrogen) atoms. The molecule has 3 heterocycles. The summed E-state index contributed by atoms with van der Waals surface area (Å²) < 4.78 is 5.30. The quantitative estimate of drug-likeness (QED) is 0.799. The van der Waals surface area contributed by atoms with Crippen LogP contribution in [-0.4, -0.2) is 11.1 Å². The zero-order chi connectivity index (χ0) is 13.9. The molecular weight excluding hydrogens is 292 g/mol. The van der Waals surface area contributed by atoms with Gasteiger partial charge in [-0.3, -0.25) is 4.79 Å². The van der Waals surface area contributed by atoms with Gasteiger partial charge in [0.2, 0.25) is 0 Å². The van der Waals surface area contributed by atoms with E-state index in [1.54, 1.807) is 18.3 Å². The maximum atomic E-state index is 12.3. The van der Waals surface area contributed by atoms with Crippen molar-refractivity contribution in [3.63, 3.8) is 0 Å². The third-order valence-corrected chi connectivity index (χ3v) is 4.58. The Hall–Kier alpha value is -1.92. The maximum absolute atomic E-state index is 12.3. The number of aromatic nitrogens is 1. The molecule has 3 aromatic heterocycles. The molecule has 0 aromatic carbocycles. The molecule has 1 N–H and O–H groups in total. The summed E-state index contributed by atoms with van der Waals surface area (Å²) in [7, 11) is 0. The highest BCUT2D eigenvalue weighted by molar-refractivity contribution is 7.13. The van der Waals surface area contributed by atoms with Crippen LogP contribution in [0.5, 0.6) is 0 Å². The van der Waals surface area contributed by atoms with E-state index in [4.69, 9.17) is 4.52 Å². The van der Waals surface area contributed by atoms with Gasteiger partial charge < -0.3 is 9.84 Å². The molecule has 0 aliphatic rings. The fraction of sp³-hybridized carbons (Fsp3) is 0.143. The first-order chi connectivity index (χ1) is 9.75. The Morgan fingerprint density at radius 1 is 1.30 bits per heavy atom. The molecule has 1 amide bonds. The van der Waals surface area contributed by atoms with Gasteiger partial charge in [0.25, 0.3) is 5.91 Å². The summed E-state index contributed by atoms with van der Waals surface area (Å²) in [6.07, 6.45) is 0. The van der Waals surface area contributed by atoms with Gasteiger partial charge in [-0.05, 0) is 29.8 Å². The molecule has 0 aliphatic carbocycles. The fourth-order valence-corrected chi connectivity index (χ4v) is 3.23. The Kier molecular flexibility index (Phi) is 3.66. The minimum Gasteiger partial charge on any atom is -0.354 e. The van der Waals surface area contributed by atoms with E-state index in [-0.39, 0.29) is 5.91 Å². The zero-order valence-electron chi connectivity index (χ0n) is 10.8. The lowest BCUT2D eigenvalue weighted by molar-refractivity contribution is 0.0951. The van der Waals surface area contributed by atoms with E-state index >= 15 is 0 Å². The highest BCUT2D eigenvalue weighted by atomic mass is 32.1. The van der Waals surface area contributed by atoms with E-state index in [0.717, 1.165) is 9.75 Å². The van der Waals surface area contributed by atoms with Gasteiger partial charge in [0, 0.05) is 4.88 Å². The summed E-state index contributed by atoms with van der Waals surface area (Å²) in [6.45, 7) is 2.30. The standard InChI is InChI=1S/C14H12N2O2S2/c1-9-12(13(18-16-9)11-5-3-7-20-11)14(17)15-8-10-4-2-6-19-10/h2-7H,8H2,1H3,(H,15,17). The summed E-state index contributed by atoms with van der Waals surface area (Å²) in [5.74, 6) is 0.390. The average Bonchev–Trinajstić information content (AvgIpc) is 3.17. The van der Waals surface area contributed by atoms with E-state index in [1.807, 2.05) is 35.0 Å². The fourth-order valence-electron chi connectivity index (χ4n) is 1.88. The second-order valence-electron chi connectivity index (χ2n) is 4.21. The predicted octanol–water partition coefficient (Wildman–Crippen LogP) is 3.70. The Bertz CT molecular complexity index is 700. The molecule has 6 heteroatoms. The van der Waals surface area contributed by atoms with Crippen LogP contribution in [0.4, 0.5) is 0 Å². The third-order valence-electron chi connectivity index (χ3n) is 2.84. The van der Waals surface area contributed by atoms with Crippen LogP contribution in [0.25, 0.3) is 10.6 Å². The first kappa shape index (κ1) is 13.1. The van der Waals surface area contributed by atoms with Crippen molar-refractivity contribution in [2.45, 2.75) is 13.5 Å². The summed E-state index contributed by atoms with van der Waals surface area (Å²) in [5.41, 5.74) is 1.13. The van der Waals surface area contributed by atoms with Crippen LogP contribution in [0.1, 0.15) is 20.9 Å². The third kappa shape index (κ3) is 2.52. The highest BCUT2D eigenvalue weighted by Gasteiger charge is 2.22. The molecule has 0 aliphatic heterocycles. The van der Waals surface area contributed by atoms with Crippen molar-refractivity contribution in [2.75, 3.05) is 0 Å². The lowest BCUT2D eigenvalue weighted by Crippen LogP contribution is -2.23. The normalized spacial score (nSPS) is 10.7. The number of nitrogens with one attached hydrogen (secondary N) is 1. The number of carbonyl (C=O) groups excluding carboxylic acids is 1. The zero-order valence-corrected chi connectivity index (χ0v) is 12.4. The molecule has 0 unspecified atom stereocenters.